The number of nitrogens with one attached hydrogen (secondary N) is 1. The molecule has 1 spiro atoms. The first-order valence-electron chi connectivity index (χ1n) is 14.4. The maximum atomic E-state index is 13.1. The van der Waals surface area contributed by atoms with Gasteiger partial charge >= 0.3 is 0 Å². The average Bonchev–Trinajstić information content (AvgIpc) is 3.20. The standard InChI is InChI=1S/C32H36FNO7/c1-19-4-14-26-20(2)29(38-30-32(26)25(19)16-17-31(3,39-30)40-41-32)34-28(36)18-37-24-12-8-22(9-13-24)27(35)15-7-21-5-10-23(33)11-6-21/h5-13,15,19-20,25-26,29-30H,4,14,16-18H2,1-3H3,(H,34,36)/b15-7+/t19-,20-,25+,26+,29+,30-,31-,32-/m1/s1. The number of hydrogen-bond acceptors (Lipinski definition) is 7. The number of benzene rings is 2. The van der Waals surface area contributed by atoms with Gasteiger partial charge in [0, 0.05) is 23.8 Å². The molecule has 5 aliphatic rings. The van der Waals surface area contributed by atoms with Crippen molar-refractivity contribution in [1.82, 2.24) is 5.32 Å². The van der Waals surface area contributed by atoms with E-state index in [4.69, 9.17) is 24.0 Å². The molecule has 0 radical (unpaired) electrons. The van der Waals surface area contributed by atoms with Gasteiger partial charge in [0.1, 0.15) is 17.8 Å². The topological polar surface area (TPSA) is 92.3 Å². The number of amides is 1. The van der Waals surface area contributed by atoms with E-state index < -0.39 is 23.9 Å². The summed E-state index contributed by atoms with van der Waals surface area (Å²) in [5.74, 6) is -0.451. The summed E-state index contributed by atoms with van der Waals surface area (Å²) in [4.78, 5) is 37.4. The smallest absolute Gasteiger partial charge is 0.259 e. The van der Waals surface area contributed by atoms with Crippen molar-refractivity contribution >= 4 is 17.8 Å². The highest BCUT2D eigenvalue weighted by atomic mass is 19.1. The molecule has 218 valence electrons. The van der Waals surface area contributed by atoms with Gasteiger partial charge in [-0.15, -0.1) is 0 Å². The SMILES string of the molecule is C[C@H]1[C@@H](NC(=O)COc2ccc(C(=O)/C=C/c3ccc(F)cc3)cc2)O[C@@H]2O[C@@]3(C)CC[C@H]4[C@H](C)CC[C@@H]1[C@@]24OO3. The van der Waals surface area contributed by atoms with Crippen LogP contribution in [-0.2, 0) is 24.0 Å². The molecule has 4 heterocycles. The molecule has 1 N–H and O–H groups in total. The van der Waals surface area contributed by atoms with E-state index in [1.807, 2.05) is 6.92 Å². The number of fused-ring (bicyclic) bond motifs is 2. The number of ether oxygens (including phenoxy) is 3. The fourth-order valence-corrected chi connectivity index (χ4v) is 6.98. The Kier molecular flexibility index (Phi) is 7.48. The molecule has 0 aromatic heterocycles. The van der Waals surface area contributed by atoms with Gasteiger partial charge in [-0.1, -0.05) is 32.1 Å². The second-order valence-corrected chi connectivity index (χ2v) is 12.0. The molecule has 0 unspecified atom stereocenters. The number of ketones is 1. The highest BCUT2D eigenvalue weighted by Crippen LogP contribution is 2.60. The Labute approximate surface area is 239 Å². The van der Waals surface area contributed by atoms with E-state index in [9.17, 15) is 14.0 Å². The molecule has 4 aliphatic heterocycles. The average molecular weight is 566 g/mol. The summed E-state index contributed by atoms with van der Waals surface area (Å²) in [5.41, 5.74) is 0.512. The third-order valence-electron chi connectivity index (χ3n) is 9.27. The third-order valence-corrected chi connectivity index (χ3v) is 9.27. The first-order valence-corrected chi connectivity index (χ1v) is 14.4. The van der Waals surface area contributed by atoms with Crippen molar-refractivity contribution in [3.8, 4) is 5.75 Å². The summed E-state index contributed by atoms with van der Waals surface area (Å²) >= 11 is 0. The number of carbonyl (C=O) groups is 2. The summed E-state index contributed by atoms with van der Waals surface area (Å²) in [6.07, 6.45) is 5.57. The number of halogens is 1. The molecule has 5 fully saturated rings. The van der Waals surface area contributed by atoms with E-state index in [-0.39, 0.29) is 41.9 Å². The zero-order chi connectivity index (χ0) is 28.8. The molecule has 8 nitrogen and oxygen atoms in total. The minimum absolute atomic E-state index is 0.0203. The van der Waals surface area contributed by atoms with Crippen LogP contribution in [0, 0.1) is 29.5 Å². The Bertz CT molecular complexity index is 1310. The largest absolute Gasteiger partial charge is 0.484 e. The van der Waals surface area contributed by atoms with Crippen molar-refractivity contribution in [2.24, 2.45) is 23.7 Å². The lowest BCUT2D eigenvalue weighted by molar-refractivity contribution is -0.571. The van der Waals surface area contributed by atoms with Gasteiger partial charge in [0.2, 0.25) is 5.79 Å². The lowest BCUT2D eigenvalue weighted by Crippen LogP contribution is -2.72. The van der Waals surface area contributed by atoms with E-state index in [1.165, 1.54) is 18.2 Å². The first-order chi connectivity index (χ1) is 19.7. The van der Waals surface area contributed by atoms with Crippen molar-refractivity contribution < 1.29 is 38.0 Å². The minimum atomic E-state index is -0.875. The van der Waals surface area contributed by atoms with Gasteiger partial charge in [0.05, 0.1) is 0 Å². The van der Waals surface area contributed by atoms with Gasteiger partial charge in [-0.25, -0.2) is 14.2 Å². The van der Waals surface area contributed by atoms with Crippen LogP contribution in [0.5, 0.6) is 5.75 Å². The molecule has 41 heavy (non-hydrogen) atoms. The van der Waals surface area contributed by atoms with Crippen molar-refractivity contribution in [1.29, 1.82) is 0 Å². The number of hydrogen-bond donors (Lipinski definition) is 1. The van der Waals surface area contributed by atoms with Gasteiger partial charge in [-0.2, -0.15) is 0 Å². The number of carbonyl (C=O) groups excluding carboxylic acids is 2. The van der Waals surface area contributed by atoms with Gasteiger partial charge in [-0.05, 0) is 86.1 Å². The Morgan fingerprint density at radius 3 is 2.54 bits per heavy atom. The molecule has 1 amide bonds. The van der Waals surface area contributed by atoms with E-state index >= 15 is 0 Å². The fraction of sp³-hybridized carbons (Fsp3) is 0.500. The molecule has 9 heteroatoms. The van der Waals surface area contributed by atoms with E-state index in [1.54, 1.807) is 42.5 Å². The van der Waals surface area contributed by atoms with Crippen molar-refractivity contribution in [3.63, 3.8) is 0 Å². The summed E-state index contributed by atoms with van der Waals surface area (Å²) in [7, 11) is 0. The van der Waals surface area contributed by atoms with E-state index in [2.05, 4.69) is 19.2 Å². The fourth-order valence-electron chi connectivity index (χ4n) is 6.98. The Balaban J connectivity index is 1.06. The Hall–Kier alpha value is -3.11. The quantitative estimate of drug-likeness (QED) is 0.272. The van der Waals surface area contributed by atoms with E-state index in [0.717, 1.165) is 31.2 Å². The van der Waals surface area contributed by atoms with Gasteiger partial charge in [-0.3, -0.25) is 9.59 Å². The zero-order valence-corrected chi connectivity index (χ0v) is 23.5. The highest BCUT2D eigenvalue weighted by Gasteiger charge is 2.69. The van der Waals surface area contributed by atoms with E-state index in [0.29, 0.717) is 17.2 Å². The number of allylic oxidation sites excluding steroid dienone is 1. The second-order valence-electron chi connectivity index (χ2n) is 12.0. The van der Waals surface area contributed by atoms with Gasteiger partial charge in [0.15, 0.2) is 24.3 Å². The van der Waals surface area contributed by atoms with Crippen LogP contribution in [-0.4, -0.2) is 42.2 Å². The van der Waals surface area contributed by atoms with Crippen LogP contribution in [0.1, 0.15) is 62.4 Å². The van der Waals surface area contributed by atoms with Crippen LogP contribution in [0.25, 0.3) is 6.08 Å². The molecule has 1 saturated carbocycles. The maximum Gasteiger partial charge on any atom is 0.259 e. The molecular formula is C32H36FNO7. The lowest BCUT2D eigenvalue weighted by atomic mass is 9.58. The minimum Gasteiger partial charge on any atom is -0.484 e. The molecular weight excluding hydrogens is 529 g/mol. The van der Waals surface area contributed by atoms with Crippen LogP contribution >= 0.6 is 0 Å². The molecule has 2 bridgehead atoms. The van der Waals surface area contributed by atoms with Gasteiger partial charge in [0.25, 0.3) is 5.91 Å². The van der Waals surface area contributed by atoms with Crippen LogP contribution in [0.2, 0.25) is 0 Å². The normalized spacial score (nSPS) is 35.9. The molecule has 8 atom stereocenters. The Morgan fingerprint density at radius 2 is 1.78 bits per heavy atom. The lowest BCUT2D eigenvalue weighted by Gasteiger charge is -2.60. The van der Waals surface area contributed by atoms with Crippen molar-refractivity contribution in [2.75, 3.05) is 6.61 Å². The first kappa shape index (κ1) is 28.0. The molecule has 7 rings (SSSR count). The molecule has 4 saturated heterocycles. The summed E-state index contributed by atoms with van der Waals surface area (Å²) in [5, 5.41) is 2.99. The van der Waals surface area contributed by atoms with Crippen LogP contribution in [0.3, 0.4) is 0 Å². The van der Waals surface area contributed by atoms with Crippen LogP contribution < -0.4 is 10.1 Å². The predicted molar refractivity (Wildman–Crippen MR) is 147 cm³/mol. The number of rotatable bonds is 7. The maximum absolute atomic E-state index is 13.1. The second kappa shape index (κ2) is 10.9. The van der Waals surface area contributed by atoms with Crippen LogP contribution in [0.4, 0.5) is 4.39 Å². The third kappa shape index (κ3) is 5.32. The van der Waals surface area contributed by atoms with Gasteiger partial charge < -0.3 is 19.5 Å². The van der Waals surface area contributed by atoms with Crippen LogP contribution in [0.15, 0.2) is 54.6 Å². The zero-order valence-electron chi connectivity index (χ0n) is 23.5. The molecule has 2 aromatic carbocycles. The summed E-state index contributed by atoms with van der Waals surface area (Å²) in [6.45, 7) is 6.01. The molecule has 1 aliphatic carbocycles. The molecule has 2 aromatic rings. The summed E-state index contributed by atoms with van der Waals surface area (Å²) < 4.78 is 31.5. The Morgan fingerprint density at radius 1 is 1.02 bits per heavy atom. The van der Waals surface area contributed by atoms with Crippen molar-refractivity contribution in [2.45, 2.75) is 70.4 Å². The van der Waals surface area contributed by atoms with Crippen molar-refractivity contribution in [3.05, 3.63) is 71.6 Å². The summed E-state index contributed by atoms with van der Waals surface area (Å²) in [6, 6.07) is 12.4. The predicted octanol–water partition coefficient (Wildman–Crippen LogP) is 5.42. The highest BCUT2D eigenvalue weighted by molar-refractivity contribution is 6.06. The monoisotopic (exact) mass is 565 g/mol.